The molecule has 0 aromatic heterocycles. The minimum Gasteiger partial charge on any atom is -0.497 e. The summed E-state index contributed by atoms with van der Waals surface area (Å²) in [5.41, 5.74) is 5.64. The molecule has 0 saturated heterocycles. The van der Waals surface area contributed by atoms with Crippen molar-refractivity contribution >= 4 is 5.91 Å². The maximum atomic E-state index is 11.8. The van der Waals surface area contributed by atoms with Crippen molar-refractivity contribution in [2.24, 2.45) is 11.1 Å². The highest BCUT2D eigenvalue weighted by atomic mass is 16.5. The number of hydrogen-bond donors (Lipinski definition) is 2. The summed E-state index contributed by atoms with van der Waals surface area (Å²) in [6.45, 7) is 6.94. The number of hydrogen-bond acceptors (Lipinski definition) is 4. The van der Waals surface area contributed by atoms with E-state index < -0.39 is 6.04 Å². The van der Waals surface area contributed by atoms with Gasteiger partial charge in [-0.2, -0.15) is 0 Å². The van der Waals surface area contributed by atoms with E-state index in [0.29, 0.717) is 13.2 Å². The average molecular weight is 294 g/mol. The van der Waals surface area contributed by atoms with Gasteiger partial charge < -0.3 is 20.5 Å². The monoisotopic (exact) mass is 294 g/mol. The van der Waals surface area contributed by atoms with Gasteiger partial charge in [-0.3, -0.25) is 4.79 Å². The van der Waals surface area contributed by atoms with Crippen LogP contribution in [0.25, 0.3) is 0 Å². The van der Waals surface area contributed by atoms with E-state index >= 15 is 0 Å². The molecular formula is C16H26N2O3. The van der Waals surface area contributed by atoms with Crippen LogP contribution in [-0.2, 0) is 4.79 Å². The molecule has 0 spiro atoms. The third-order valence-corrected chi connectivity index (χ3v) is 3.16. The van der Waals surface area contributed by atoms with Crippen LogP contribution in [0.5, 0.6) is 11.5 Å². The lowest BCUT2D eigenvalue weighted by molar-refractivity contribution is -0.124. The van der Waals surface area contributed by atoms with E-state index in [-0.39, 0.29) is 11.3 Å². The van der Waals surface area contributed by atoms with Gasteiger partial charge in [0, 0.05) is 6.54 Å². The number of benzene rings is 1. The smallest absolute Gasteiger partial charge is 0.237 e. The maximum absolute atomic E-state index is 11.8. The Morgan fingerprint density at radius 2 is 1.81 bits per heavy atom. The van der Waals surface area contributed by atoms with Gasteiger partial charge in [0.2, 0.25) is 5.91 Å². The second-order valence-electron chi connectivity index (χ2n) is 6.01. The van der Waals surface area contributed by atoms with Crippen LogP contribution in [0.15, 0.2) is 24.3 Å². The van der Waals surface area contributed by atoms with Crippen molar-refractivity contribution in [2.45, 2.75) is 33.2 Å². The molecule has 0 unspecified atom stereocenters. The molecule has 21 heavy (non-hydrogen) atoms. The van der Waals surface area contributed by atoms with Crippen molar-refractivity contribution in [3.05, 3.63) is 24.3 Å². The molecular weight excluding hydrogens is 268 g/mol. The van der Waals surface area contributed by atoms with Crippen LogP contribution < -0.4 is 20.5 Å². The Bertz CT molecular complexity index is 438. The first-order valence-electron chi connectivity index (χ1n) is 7.14. The summed E-state index contributed by atoms with van der Waals surface area (Å²) in [6, 6.07) is 6.90. The molecule has 1 aromatic carbocycles. The van der Waals surface area contributed by atoms with Gasteiger partial charge in [-0.1, -0.05) is 20.8 Å². The summed E-state index contributed by atoms with van der Waals surface area (Å²) in [5.74, 6) is 1.46. The number of carbonyl (C=O) groups excluding carboxylic acids is 1. The molecule has 5 nitrogen and oxygen atoms in total. The highest BCUT2D eigenvalue weighted by Gasteiger charge is 2.26. The zero-order chi connectivity index (χ0) is 15.9. The quantitative estimate of drug-likeness (QED) is 0.754. The number of ether oxygens (including phenoxy) is 2. The van der Waals surface area contributed by atoms with Crippen LogP contribution in [0.1, 0.15) is 27.2 Å². The molecule has 1 aromatic rings. The summed E-state index contributed by atoms with van der Waals surface area (Å²) < 4.78 is 10.7. The fourth-order valence-electron chi connectivity index (χ4n) is 1.65. The van der Waals surface area contributed by atoms with Crippen LogP contribution >= 0.6 is 0 Å². The van der Waals surface area contributed by atoms with E-state index in [1.54, 1.807) is 7.11 Å². The Morgan fingerprint density at radius 1 is 1.24 bits per heavy atom. The molecule has 0 aliphatic carbocycles. The van der Waals surface area contributed by atoms with Crippen molar-refractivity contribution < 1.29 is 14.3 Å². The van der Waals surface area contributed by atoms with Gasteiger partial charge in [0.05, 0.1) is 19.8 Å². The van der Waals surface area contributed by atoms with Gasteiger partial charge in [-0.15, -0.1) is 0 Å². The summed E-state index contributed by atoms with van der Waals surface area (Å²) in [4.78, 5) is 11.8. The number of nitrogens with two attached hydrogens (primary N) is 1. The zero-order valence-corrected chi connectivity index (χ0v) is 13.3. The molecule has 0 aliphatic rings. The number of carbonyl (C=O) groups is 1. The van der Waals surface area contributed by atoms with Crippen molar-refractivity contribution in [1.82, 2.24) is 5.32 Å². The number of nitrogens with one attached hydrogen (secondary N) is 1. The van der Waals surface area contributed by atoms with E-state index in [1.165, 1.54) is 0 Å². The molecule has 3 N–H and O–H groups in total. The Hall–Kier alpha value is -1.75. The molecule has 1 atom stereocenters. The standard InChI is InChI=1S/C16H26N2O3/c1-16(2,3)14(17)15(19)18-10-5-11-21-13-8-6-12(20-4)7-9-13/h6-9,14H,5,10-11,17H2,1-4H3,(H,18,19)/t14-/m1/s1. The average Bonchev–Trinajstić information content (AvgIpc) is 2.45. The molecule has 0 bridgehead atoms. The Balaban J connectivity index is 2.21. The molecule has 0 radical (unpaired) electrons. The van der Waals surface area contributed by atoms with E-state index in [1.807, 2.05) is 45.0 Å². The summed E-state index contributed by atoms with van der Waals surface area (Å²) in [7, 11) is 1.63. The molecule has 0 fully saturated rings. The third kappa shape index (κ3) is 6.04. The first kappa shape index (κ1) is 17.3. The van der Waals surface area contributed by atoms with Crippen molar-refractivity contribution in [3.8, 4) is 11.5 Å². The molecule has 5 heteroatoms. The highest BCUT2D eigenvalue weighted by molar-refractivity contribution is 5.82. The highest BCUT2D eigenvalue weighted by Crippen LogP contribution is 2.18. The summed E-state index contributed by atoms with van der Waals surface area (Å²) >= 11 is 0. The Labute approximate surface area is 126 Å². The van der Waals surface area contributed by atoms with Gasteiger partial charge in [0.1, 0.15) is 11.5 Å². The molecule has 0 aliphatic heterocycles. The minimum atomic E-state index is -0.500. The first-order chi connectivity index (χ1) is 9.84. The normalized spacial score (nSPS) is 12.6. The second kappa shape index (κ2) is 7.88. The fourth-order valence-corrected chi connectivity index (χ4v) is 1.65. The minimum absolute atomic E-state index is 0.119. The molecule has 1 rings (SSSR count). The lowest BCUT2D eigenvalue weighted by Crippen LogP contribution is -2.48. The van der Waals surface area contributed by atoms with Crippen LogP contribution in [0.3, 0.4) is 0 Å². The first-order valence-corrected chi connectivity index (χ1v) is 7.14. The van der Waals surface area contributed by atoms with E-state index in [2.05, 4.69) is 5.32 Å². The molecule has 118 valence electrons. The van der Waals surface area contributed by atoms with Gasteiger partial charge in [0.25, 0.3) is 0 Å². The second-order valence-corrected chi connectivity index (χ2v) is 6.01. The summed E-state index contributed by atoms with van der Waals surface area (Å²) in [6.07, 6.45) is 0.731. The van der Waals surface area contributed by atoms with Crippen LogP contribution in [0, 0.1) is 5.41 Å². The molecule has 1 amide bonds. The fraction of sp³-hybridized carbons (Fsp3) is 0.562. The van der Waals surface area contributed by atoms with Crippen molar-refractivity contribution in [2.75, 3.05) is 20.3 Å². The Morgan fingerprint density at radius 3 is 2.33 bits per heavy atom. The van der Waals surface area contributed by atoms with E-state index in [0.717, 1.165) is 17.9 Å². The van der Waals surface area contributed by atoms with Crippen molar-refractivity contribution in [1.29, 1.82) is 0 Å². The zero-order valence-electron chi connectivity index (χ0n) is 13.3. The number of methoxy groups -OCH3 is 1. The number of amides is 1. The van der Waals surface area contributed by atoms with Gasteiger partial charge in [-0.05, 0) is 36.1 Å². The topological polar surface area (TPSA) is 73.6 Å². The maximum Gasteiger partial charge on any atom is 0.237 e. The predicted octanol–water partition coefficient (Wildman–Crippen LogP) is 1.95. The summed E-state index contributed by atoms with van der Waals surface area (Å²) in [5, 5.41) is 2.83. The van der Waals surface area contributed by atoms with Crippen LogP contribution in [0.4, 0.5) is 0 Å². The Kier molecular flexibility index (Phi) is 6.49. The van der Waals surface area contributed by atoms with Gasteiger partial charge in [-0.25, -0.2) is 0 Å². The van der Waals surface area contributed by atoms with Crippen LogP contribution in [0.2, 0.25) is 0 Å². The lowest BCUT2D eigenvalue weighted by Gasteiger charge is -2.25. The number of rotatable bonds is 7. The van der Waals surface area contributed by atoms with Gasteiger partial charge in [0.15, 0.2) is 0 Å². The van der Waals surface area contributed by atoms with E-state index in [9.17, 15) is 4.79 Å². The molecule has 0 saturated carbocycles. The van der Waals surface area contributed by atoms with Crippen molar-refractivity contribution in [3.63, 3.8) is 0 Å². The van der Waals surface area contributed by atoms with E-state index in [4.69, 9.17) is 15.2 Å². The predicted molar refractivity (Wildman–Crippen MR) is 83.5 cm³/mol. The lowest BCUT2D eigenvalue weighted by atomic mass is 9.87. The largest absolute Gasteiger partial charge is 0.497 e. The van der Waals surface area contributed by atoms with Crippen LogP contribution in [-0.4, -0.2) is 32.2 Å². The molecule has 0 heterocycles. The SMILES string of the molecule is COc1ccc(OCCCNC(=O)[C@@H](N)C(C)(C)C)cc1. The van der Waals surface area contributed by atoms with Gasteiger partial charge >= 0.3 is 0 Å². The third-order valence-electron chi connectivity index (χ3n) is 3.16.